The van der Waals surface area contributed by atoms with Crippen molar-refractivity contribution < 1.29 is 9.47 Å². The summed E-state index contributed by atoms with van der Waals surface area (Å²) >= 11 is 0. The van der Waals surface area contributed by atoms with Crippen LogP contribution in [0.4, 0.5) is 5.69 Å². The van der Waals surface area contributed by atoms with Gasteiger partial charge >= 0.3 is 0 Å². The van der Waals surface area contributed by atoms with Gasteiger partial charge in [-0.1, -0.05) is 0 Å². The van der Waals surface area contributed by atoms with Crippen molar-refractivity contribution in [2.45, 2.75) is 13.5 Å². The topological polar surface area (TPSA) is 56.3 Å². The third-order valence-corrected chi connectivity index (χ3v) is 2.72. The maximum Gasteiger partial charge on any atom is 0.125 e. The number of aromatic nitrogens is 2. The summed E-state index contributed by atoms with van der Waals surface area (Å²) in [6, 6.07) is 9.74. The van der Waals surface area contributed by atoms with Gasteiger partial charge in [-0.3, -0.25) is 0 Å². The zero-order chi connectivity index (χ0) is 14.2. The molecule has 20 heavy (non-hydrogen) atoms. The molecule has 1 heterocycles. The van der Waals surface area contributed by atoms with Gasteiger partial charge in [0, 0.05) is 19.0 Å². The SMILES string of the molecule is COCCOc1ccc(NCc2ccnc(C)n2)cc1. The van der Waals surface area contributed by atoms with Crippen molar-refractivity contribution in [1.29, 1.82) is 0 Å². The minimum Gasteiger partial charge on any atom is -0.491 e. The predicted molar refractivity (Wildman–Crippen MR) is 77.9 cm³/mol. The van der Waals surface area contributed by atoms with Gasteiger partial charge in [0.2, 0.25) is 0 Å². The number of hydrogen-bond acceptors (Lipinski definition) is 5. The second kappa shape index (κ2) is 7.45. The van der Waals surface area contributed by atoms with Crippen LogP contribution in [0, 0.1) is 6.92 Å². The van der Waals surface area contributed by atoms with Gasteiger partial charge in [0.05, 0.1) is 18.8 Å². The molecule has 0 spiro atoms. The van der Waals surface area contributed by atoms with Gasteiger partial charge in [-0.2, -0.15) is 0 Å². The molecule has 0 saturated carbocycles. The van der Waals surface area contributed by atoms with Crippen LogP contribution < -0.4 is 10.1 Å². The average Bonchev–Trinajstić information content (AvgIpc) is 2.47. The number of methoxy groups -OCH3 is 1. The van der Waals surface area contributed by atoms with Crippen LogP contribution in [0.5, 0.6) is 5.75 Å². The Hall–Kier alpha value is -2.14. The summed E-state index contributed by atoms with van der Waals surface area (Å²) in [5.74, 6) is 1.62. The molecule has 0 bridgehead atoms. The van der Waals surface area contributed by atoms with E-state index in [0.29, 0.717) is 19.8 Å². The van der Waals surface area contributed by atoms with Gasteiger partial charge < -0.3 is 14.8 Å². The molecule has 5 heteroatoms. The molecule has 1 N–H and O–H groups in total. The summed E-state index contributed by atoms with van der Waals surface area (Å²) in [4.78, 5) is 8.42. The maximum absolute atomic E-state index is 5.51. The zero-order valence-corrected chi connectivity index (χ0v) is 11.8. The van der Waals surface area contributed by atoms with Gasteiger partial charge in [-0.25, -0.2) is 9.97 Å². The molecule has 0 saturated heterocycles. The first-order valence-corrected chi connectivity index (χ1v) is 6.52. The van der Waals surface area contributed by atoms with E-state index in [2.05, 4.69) is 15.3 Å². The van der Waals surface area contributed by atoms with Crippen LogP contribution >= 0.6 is 0 Å². The number of hydrogen-bond donors (Lipinski definition) is 1. The number of nitrogens with zero attached hydrogens (tertiary/aromatic N) is 2. The molecule has 0 atom stereocenters. The van der Waals surface area contributed by atoms with E-state index in [0.717, 1.165) is 23.0 Å². The van der Waals surface area contributed by atoms with Crippen LogP contribution in [0.25, 0.3) is 0 Å². The maximum atomic E-state index is 5.51. The normalized spacial score (nSPS) is 10.3. The third kappa shape index (κ3) is 4.51. The van der Waals surface area contributed by atoms with Crippen LogP contribution in [0.15, 0.2) is 36.5 Å². The smallest absolute Gasteiger partial charge is 0.125 e. The second-order valence-corrected chi connectivity index (χ2v) is 4.31. The monoisotopic (exact) mass is 273 g/mol. The minimum absolute atomic E-state index is 0.559. The standard InChI is InChI=1S/C15H19N3O2/c1-12-16-8-7-14(18-12)11-17-13-3-5-15(6-4-13)20-10-9-19-2/h3-8,17H,9-11H2,1-2H3. The zero-order valence-electron chi connectivity index (χ0n) is 11.8. The molecule has 5 nitrogen and oxygen atoms in total. The van der Waals surface area contributed by atoms with Crippen molar-refractivity contribution in [3.8, 4) is 5.75 Å². The van der Waals surface area contributed by atoms with Crippen LogP contribution in [-0.4, -0.2) is 30.3 Å². The molecule has 0 aliphatic carbocycles. The van der Waals surface area contributed by atoms with Crippen molar-refractivity contribution in [1.82, 2.24) is 9.97 Å². The van der Waals surface area contributed by atoms with Crippen molar-refractivity contribution in [3.05, 3.63) is 48.0 Å². The van der Waals surface area contributed by atoms with Gasteiger partial charge in [0.1, 0.15) is 18.2 Å². The molecule has 0 radical (unpaired) electrons. The molecular weight excluding hydrogens is 254 g/mol. The predicted octanol–water partition coefficient (Wildman–Crippen LogP) is 2.42. The minimum atomic E-state index is 0.559. The average molecular weight is 273 g/mol. The van der Waals surface area contributed by atoms with E-state index >= 15 is 0 Å². The Morgan fingerprint density at radius 3 is 2.60 bits per heavy atom. The van der Waals surface area contributed by atoms with Gasteiger partial charge in [0.15, 0.2) is 0 Å². The lowest BCUT2D eigenvalue weighted by molar-refractivity contribution is 0.146. The van der Waals surface area contributed by atoms with Crippen LogP contribution in [-0.2, 0) is 11.3 Å². The highest BCUT2D eigenvalue weighted by Crippen LogP contribution is 2.16. The summed E-state index contributed by atoms with van der Waals surface area (Å²) in [6.45, 7) is 3.71. The number of nitrogens with one attached hydrogen (secondary N) is 1. The van der Waals surface area contributed by atoms with E-state index in [4.69, 9.17) is 9.47 Å². The number of aryl methyl sites for hydroxylation is 1. The summed E-state index contributed by atoms with van der Waals surface area (Å²) in [5, 5.41) is 3.31. The fourth-order valence-electron chi connectivity index (χ4n) is 1.71. The molecule has 0 aliphatic rings. The molecule has 0 amide bonds. The molecule has 2 aromatic rings. The van der Waals surface area contributed by atoms with Gasteiger partial charge in [-0.15, -0.1) is 0 Å². The summed E-state index contributed by atoms with van der Waals surface area (Å²) in [5.41, 5.74) is 2.00. The third-order valence-electron chi connectivity index (χ3n) is 2.72. The van der Waals surface area contributed by atoms with Crippen LogP contribution in [0.3, 0.4) is 0 Å². The Morgan fingerprint density at radius 1 is 1.10 bits per heavy atom. The number of benzene rings is 1. The molecule has 0 unspecified atom stereocenters. The fraction of sp³-hybridized carbons (Fsp3) is 0.333. The Bertz CT molecular complexity index is 529. The molecular formula is C15H19N3O2. The Morgan fingerprint density at radius 2 is 1.90 bits per heavy atom. The number of rotatable bonds is 7. The first-order valence-electron chi connectivity index (χ1n) is 6.52. The molecule has 0 aliphatic heterocycles. The number of anilines is 1. The van der Waals surface area contributed by atoms with E-state index < -0.39 is 0 Å². The van der Waals surface area contributed by atoms with Crippen LogP contribution in [0.1, 0.15) is 11.5 Å². The molecule has 1 aromatic heterocycles. The quantitative estimate of drug-likeness (QED) is 0.785. The molecule has 0 fully saturated rings. The van der Waals surface area contributed by atoms with E-state index in [9.17, 15) is 0 Å². The van der Waals surface area contributed by atoms with Crippen LogP contribution in [0.2, 0.25) is 0 Å². The van der Waals surface area contributed by atoms with E-state index in [-0.39, 0.29) is 0 Å². The van der Waals surface area contributed by atoms with Crippen molar-refractivity contribution >= 4 is 5.69 Å². The first kappa shape index (κ1) is 14.3. The lowest BCUT2D eigenvalue weighted by atomic mass is 10.3. The number of ether oxygens (including phenoxy) is 2. The lowest BCUT2D eigenvalue weighted by Gasteiger charge is -2.08. The Kier molecular flexibility index (Phi) is 5.32. The summed E-state index contributed by atoms with van der Waals surface area (Å²) < 4.78 is 10.4. The van der Waals surface area contributed by atoms with E-state index in [1.165, 1.54) is 0 Å². The van der Waals surface area contributed by atoms with E-state index in [1.807, 2.05) is 37.3 Å². The highest BCUT2D eigenvalue weighted by Gasteiger charge is 1.98. The fourth-order valence-corrected chi connectivity index (χ4v) is 1.71. The Balaban J connectivity index is 1.84. The molecule has 2 rings (SSSR count). The second-order valence-electron chi connectivity index (χ2n) is 4.31. The molecule has 1 aromatic carbocycles. The van der Waals surface area contributed by atoms with Gasteiger partial charge in [-0.05, 0) is 37.3 Å². The highest BCUT2D eigenvalue weighted by molar-refractivity contribution is 5.46. The van der Waals surface area contributed by atoms with Crippen molar-refractivity contribution in [2.24, 2.45) is 0 Å². The van der Waals surface area contributed by atoms with E-state index in [1.54, 1.807) is 13.3 Å². The Labute approximate surface area is 119 Å². The largest absolute Gasteiger partial charge is 0.491 e. The highest BCUT2D eigenvalue weighted by atomic mass is 16.5. The summed E-state index contributed by atoms with van der Waals surface area (Å²) in [6.07, 6.45) is 1.77. The van der Waals surface area contributed by atoms with Gasteiger partial charge in [0.25, 0.3) is 0 Å². The first-order chi connectivity index (χ1) is 9.78. The molecule has 106 valence electrons. The summed E-state index contributed by atoms with van der Waals surface area (Å²) in [7, 11) is 1.66. The van der Waals surface area contributed by atoms with Crippen molar-refractivity contribution in [3.63, 3.8) is 0 Å². The lowest BCUT2D eigenvalue weighted by Crippen LogP contribution is -2.05. The van der Waals surface area contributed by atoms with Crippen molar-refractivity contribution in [2.75, 3.05) is 25.6 Å².